The highest BCUT2D eigenvalue weighted by Crippen LogP contribution is 2.39. The Labute approximate surface area is 177 Å². The molecule has 156 valence electrons. The molecule has 0 radical (unpaired) electrons. The van der Waals surface area contributed by atoms with Crippen molar-refractivity contribution in [3.05, 3.63) is 70.5 Å². The fourth-order valence-electron chi connectivity index (χ4n) is 4.13. The van der Waals surface area contributed by atoms with Gasteiger partial charge in [0.05, 0.1) is 18.6 Å². The van der Waals surface area contributed by atoms with Crippen LogP contribution in [0.25, 0.3) is 0 Å². The molecule has 0 bridgehead atoms. The molecule has 29 heavy (non-hydrogen) atoms. The second-order valence-corrected chi connectivity index (χ2v) is 9.18. The second kappa shape index (κ2) is 9.27. The van der Waals surface area contributed by atoms with Crippen LogP contribution < -0.4 is 5.32 Å². The minimum absolute atomic E-state index is 0.0563. The maximum atomic E-state index is 13.1. The van der Waals surface area contributed by atoms with Crippen LogP contribution in [0.3, 0.4) is 0 Å². The first-order valence-corrected chi connectivity index (χ1v) is 10.6. The fourth-order valence-corrected chi connectivity index (χ4v) is 4.26. The van der Waals surface area contributed by atoms with Gasteiger partial charge in [0.15, 0.2) is 0 Å². The average Bonchev–Trinajstić information content (AvgIpc) is 2.62. The molecule has 1 aliphatic heterocycles. The fraction of sp³-hybridized carbons (Fsp3) is 0.458. The SMILES string of the molecule is CC(C)C[C@H]1C[C@@](C)(NC(=O)Cc2ccc(F)cc2)C[C@@H](c2ccc(Cl)cc2)O1. The standard InChI is InChI=1S/C24H29ClFNO2/c1-16(2)12-21-14-24(3,15-22(29-21)18-6-8-19(25)9-7-18)27-23(28)13-17-4-10-20(26)11-5-17/h4-11,16,21-22H,12-15H2,1-3H3,(H,27,28)/t21-,22-,24+/m0/s1. The quantitative estimate of drug-likeness (QED) is 0.638. The normalized spacial score (nSPS) is 24.5. The Hall–Kier alpha value is -1.91. The summed E-state index contributed by atoms with van der Waals surface area (Å²) in [4.78, 5) is 12.7. The number of hydrogen-bond acceptors (Lipinski definition) is 2. The van der Waals surface area contributed by atoms with Gasteiger partial charge < -0.3 is 10.1 Å². The molecule has 1 saturated heterocycles. The van der Waals surface area contributed by atoms with E-state index in [2.05, 4.69) is 26.1 Å². The molecule has 2 aromatic carbocycles. The van der Waals surface area contributed by atoms with Crippen molar-refractivity contribution < 1.29 is 13.9 Å². The van der Waals surface area contributed by atoms with Crippen LogP contribution in [0.4, 0.5) is 4.39 Å². The third-order valence-corrected chi connectivity index (χ3v) is 5.62. The van der Waals surface area contributed by atoms with Gasteiger partial charge in [0.1, 0.15) is 5.82 Å². The minimum atomic E-state index is -0.376. The van der Waals surface area contributed by atoms with E-state index in [1.54, 1.807) is 12.1 Å². The summed E-state index contributed by atoms with van der Waals surface area (Å²) in [7, 11) is 0. The molecule has 1 aliphatic rings. The molecule has 5 heteroatoms. The van der Waals surface area contributed by atoms with Gasteiger partial charge in [-0.2, -0.15) is 0 Å². The lowest BCUT2D eigenvalue weighted by molar-refractivity contribution is -0.128. The van der Waals surface area contributed by atoms with E-state index in [1.807, 2.05) is 24.3 Å². The van der Waals surface area contributed by atoms with Gasteiger partial charge in [-0.05, 0) is 61.1 Å². The van der Waals surface area contributed by atoms with Gasteiger partial charge in [0, 0.05) is 17.0 Å². The highest BCUT2D eigenvalue weighted by molar-refractivity contribution is 6.30. The molecule has 3 atom stereocenters. The molecule has 0 spiro atoms. The molecular weight excluding hydrogens is 389 g/mol. The zero-order chi connectivity index (χ0) is 21.0. The summed E-state index contributed by atoms with van der Waals surface area (Å²) >= 11 is 6.04. The Morgan fingerprint density at radius 1 is 1.17 bits per heavy atom. The molecule has 3 nitrogen and oxygen atoms in total. The van der Waals surface area contributed by atoms with E-state index in [9.17, 15) is 9.18 Å². The molecule has 1 N–H and O–H groups in total. The number of hydrogen-bond donors (Lipinski definition) is 1. The molecule has 3 rings (SSSR count). The second-order valence-electron chi connectivity index (χ2n) is 8.75. The third-order valence-electron chi connectivity index (χ3n) is 5.37. The first-order chi connectivity index (χ1) is 13.7. The van der Waals surface area contributed by atoms with Crippen molar-refractivity contribution in [3.63, 3.8) is 0 Å². The number of halogens is 2. The number of carbonyl (C=O) groups is 1. The van der Waals surface area contributed by atoms with Crippen LogP contribution in [-0.2, 0) is 16.0 Å². The van der Waals surface area contributed by atoms with E-state index in [-0.39, 0.29) is 35.9 Å². The molecular formula is C24H29ClFNO2. The zero-order valence-electron chi connectivity index (χ0n) is 17.3. The van der Waals surface area contributed by atoms with Crippen molar-refractivity contribution in [2.24, 2.45) is 5.92 Å². The lowest BCUT2D eigenvalue weighted by atomic mass is 9.81. The summed E-state index contributed by atoms with van der Waals surface area (Å²) in [5.41, 5.74) is 1.49. The zero-order valence-corrected chi connectivity index (χ0v) is 18.0. The Morgan fingerprint density at radius 2 is 1.83 bits per heavy atom. The first-order valence-electron chi connectivity index (χ1n) is 10.2. The van der Waals surface area contributed by atoms with Crippen LogP contribution in [-0.4, -0.2) is 17.6 Å². The van der Waals surface area contributed by atoms with Gasteiger partial charge in [0.25, 0.3) is 0 Å². The Balaban J connectivity index is 1.73. The van der Waals surface area contributed by atoms with Crippen LogP contribution in [0.15, 0.2) is 48.5 Å². The largest absolute Gasteiger partial charge is 0.370 e. The number of benzene rings is 2. The summed E-state index contributed by atoms with van der Waals surface area (Å²) in [5, 5.41) is 3.93. The predicted molar refractivity (Wildman–Crippen MR) is 114 cm³/mol. The monoisotopic (exact) mass is 417 g/mol. The Kier molecular flexibility index (Phi) is 6.97. The van der Waals surface area contributed by atoms with Crippen molar-refractivity contribution in [2.75, 3.05) is 0 Å². The maximum Gasteiger partial charge on any atom is 0.224 e. The third kappa shape index (κ3) is 6.28. The first kappa shape index (κ1) is 21.8. The van der Waals surface area contributed by atoms with E-state index in [4.69, 9.17) is 16.3 Å². The molecule has 0 unspecified atom stereocenters. The summed E-state index contributed by atoms with van der Waals surface area (Å²) in [5.74, 6) is 0.148. The van der Waals surface area contributed by atoms with Gasteiger partial charge in [-0.1, -0.05) is 49.7 Å². The highest BCUT2D eigenvalue weighted by Gasteiger charge is 2.39. The van der Waals surface area contributed by atoms with Gasteiger partial charge in [0.2, 0.25) is 5.91 Å². The van der Waals surface area contributed by atoms with E-state index in [1.165, 1.54) is 12.1 Å². The molecule has 1 heterocycles. The van der Waals surface area contributed by atoms with Crippen LogP contribution in [0.2, 0.25) is 5.02 Å². The highest BCUT2D eigenvalue weighted by atomic mass is 35.5. The van der Waals surface area contributed by atoms with Crippen molar-refractivity contribution >= 4 is 17.5 Å². The lowest BCUT2D eigenvalue weighted by Crippen LogP contribution is -2.53. The minimum Gasteiger partial charge on any atom is -0.370 e. The van der Waals surface area contributed by atoms with E-state index >= 15 is 0 Å². The number of carbonyl (C=O) groups excluding carboxylic acids is 1. The molecule has 1 amide bonds. The molecule has 2 aromatic rings. The average molecular weight is 418 g/mol. The summed E-state index contributed by atoms with van der Waals surface area (Å²) in [6.07, 6.45) is 2.61. The molecule has 0 saturated carbocycles. The molecule has 1 fully saturated rings. The topological polar surface area (TPSA) is 38.3 Å². The number of ether oxygens (including phenoxy) is 1. The van der Waals surface area contributed by atoms with E-state index < -0.39 is 0 Å². The van der Waals surface area contributed by atoms with Crippen LogP contribution in [0, 0.1) is 11.7 Å². The molecule has 0 aliphatic carbocycles. The number of amides is 1. The van der Waals surface area contributed by atoms with Crippen molar-refractivity contribution in [3.8, 4) is 0 Å². The summed E-state index contributed by atoms with van der Waals surface area (Å²) < 4.78 is 19.5. The summed E-state index contributed by atoms with van der Waals surface area (Å²) in [6.45, 7) is 6.45. The van der Waals surface area contributed by atoms with E-state index in [0.29, 0.717) is 17.4 Å². The van der Waals surface area contributed by atoms with Gasteiger partial charge in [-0.25, -0.2) is 4.39 Å². The smallest absolute Gasteiger partial charge is 0.224 e. The van der Waals surface area contributed by atoms with Gasteiger partial charge in [-0.15, -0.1) is 0 Å². The van der Waals surface area contributed by atoms with Gasteiger partial charge >= 0.3 is 0 Å². The summed E-state index contributed by atoms with van der Waals surface area (Å²) in [6, 6.07) is 13.8. The van der Waals surface area contributed by atoms with Crippen LogP contribution in [0.5, 0.6) is 0 Å². The molecule has 0 aromatic heterocycles. The predicted octanol–water partition coefficient (Wildman–Crippen LogP) is 5.86. The maximum absolute atomic E-state index is 13.1. The van der Waals surface area contributed by atoms with Crippen molar-refractivity contribution in [2.45, 2.75) is 64.2 Å². The number of nitrogens with one attached hydrogen (secondary N) is 1. The Morgan fingerprint density at radius 3 is 2.45 bits per heavy atom. The van der Waals surface area contributed by atoms with Crippen molar-refractivity contribution in [1.29, 1.82) is 0 Å². The van der Waals surface area contributed by atoms with Crippen molar-refractivity contribution in [1.82, 2.24) is 5.32 Å². The Bertz CT molecular complexity index is 822. The van der Waals surface area contributed by atoms with Crippen LogP contribution in [0.1, 0.15) is 57.3 Å². The van der Waals surface area contributed by atoms with Gasteiger partial charge in [-0.3, -0.25) is 4.79 Å². The lowest BCUT2D eigenvalue weighted by Gasteiger charge is -2.43. The van der Waals surface area contributed by atoms with Crippen LogP contribution >= 0.6 is 11.6 Å². The number of rotatable bonds is 6. The van der Waals surface area contributed by atoms with E-state index in [0.717, 1.165) is 24.0 Å².